The van der Waals surface area contributed by atoms with Crippen LogP contribution in [0.5, 0.6) is 0 Å². The highest BCUT2D eigenvalue weighted by atomic mass is 35.5. The van der Waals surface area contributed by atoms with Crippen molar-refractivity contribution in [1.29, 1.82) is 5.26 Å². The molecule has 0 radical (unpaired) electrons. The maximum atomic E-state index is 11.9. The van der Waals surface area contributed by atoms with Gasteiger partial charge in [-0.2, -0.15) is 5.26 Å². The number of anilines is 2. The fraction of sp³-hybridized carbons (Fsp3) is 0.0667. The number of hydrogen-bond donors (Lipinski definition) is 2. The number of amides is 1. The van der Waals surface area contributed by atoms with Crippen molar-refractivity contribution in [3.63, 3.8) is 0 Å². The van der Waals surface area contributed by atoms with Crippen LogP contribution in [0.25, 0.3) is 0 Å². The van der Waals surface area contributed by atoms with Crippen molar-refractivity contribution in [3.05, 3.63) is 53.1 Å². The van der Waals surface area contributed by atoms with E-state index in [2.05, 4.69) is 5.32 Å². The maximum absolute atomic E-state index is 11.9. The van der Waals surface area contributed by atoms with Gasteiger partial charge in [0.05, 0.1) is 17.4 Å². The molecule has 1 amide bonds. The van der Waals surface area contributed by atoms with Gasteiger partial charge >= 0.3 is 0 Å². The van der Waals surface area contributed by atoms with Crippen molar-refractivity contribution in [2.75, 3.05) is 16.8 Å². The van der Waals surface area contributed by atoms with E-state index in [4.69, 9.17) is 22.6 Å². The summed E-state index contributed by atoms with van der Waals surface area (Å²) in [6, 6.07) is 13.9. The Morgan fingerprint density at radius 3 is 2.62 bits per heavy atom. The van der Waals surface area contributed by atoms with Crippen LogP contribution in [0.15, 0.2) is 47.4 Å². The minimum Gasteiger partial charge on any atom is -0.398 e. The molecule has 0 aliphatic rings. The lowest BCUT2D eigenvalue weighted by molar-refractivity contribution is -0.113. The quantitative estimate of drug-likeness (QED) is 0.668. The zero-order valence-corrected chi connectivity index (χ0v) is 12.5. The van der Waals surface area contributed by atoms with Gasteiger partial charge in [0.15, 0.2) is 0 Å². The zero-order chi connectivity index (χ0) is 15.2. The third-order valence-electron chi connectivity index (χ3n) is 2.63. The number of nitrogens with zero attached hydrogens (tertiary/aromatic N) is 1. The molecule has 0 aliphatic carbocycles. The van der Waals surface area contributed by atoms with E-state index in [1.54, 1.807) is 42.5 Å². The summed E-state index contributed by atoms with van der Waals surface area (Å²) in [4.78, 5) is 12.7. The Morgan fingerprint density at radius 1 is 1.29 bits per heavy atom. The van der Waals surface area contributed by atoms with Gasteiger partial charge in [-0.05, 0) is 42.5 Å². The Morgan fingerprint density at radius 2 is 2.00 bits per heavy atom. The van der Waals surface area contributed by atoms with Gasteiger partial charge in [-0.1, -0.05) is 11.6 Å². The minimum absolute atomic E-state index is 0.140. The first kappa shape index (κ1) is 15.2. The molecular weight excluding hydrogens is 306 g/mol. The normalized spacial score (nSPS) is 9.90. The largest absolute Gasteiger partial charge is 0.398 e. The first-order chi connectivity index (χ1) is 10.1. The van der Waals surface area contributed by atoms with Crippen LogP contribution in [0.1, 0.15) is 5.56 Å². The van der Waals surface area contributed by atoms with Gasteiger partial charge < -0.3 is 11.1 Å². The monoisotopic (exact) mass is 317 g/mol. The number of nitrogens with two attached hydrogens (primary N) is 1. The predicted molar refractivity (Wildman–Crippen MR) is 86.4 cm³/mol. The van der Waals surface area contributed by atoms with Crippen molar-refractivity contribution < 1.29 is 4.79 Å². The van der Waals surface area contributed by atoms with Crippen LogP contribution in [0, 0.1) is 11.3 Å². The predicted octanol–water partition coefficient (Wildman–Crippen LogP) is 3.52. The van der Waals surface area contributed by atoms with Crippen molar-refractivity contribution in [2.45, 2.75) is 4.90 Å². The summed E-state index contributed by atoms with van der Waals surface area (Å²) in [5.74, 6) is 0.102. The summed E-state index contributed by atoms with van der Waals surface area (Å²) in [6.45, 7) is 0. The highest BCUT2D eigenvalue weighted by molar-refractivity contribution is 8.00. The van der Waals surface area contributed by atoms with Crippen LogP contribution in [0.2, 0.25) is 5.02 Å². The molecule has 106 valence electrons. The van der Waals surface area contributed by atoms with Crippen LogP contribution in [-0.2, 0) is 4.79 Å². The number of hydrogen-bond acceptors (Lipinski definition) is 4. The molecule has 6 heteroatoms. The average Bonchev–Trinajstić information content (AvgIpc) is 2.47. The van der Waals surface area contributed by atoms with E-state index in [-0.39, 0.29) is 11.7 Å². The zero-order valence-electron chi connectivity index (χ0n) is 11.0. The highest BCUT2D eigenvalue weighted by Crippen LogP contribution is 2.27. The number of carbonyl (C=O) groups is 1. The van der Waals surface area contributed by atoms with Gasteiger partial charge in [0, 0.05) is 21.3 Å². The molecule has 0 heterocycles. The molecule has 2 aromatic rings. The molecule has 0 aromatic heterocycles. The number of rotatable bonds is 4. The van der Waals surface area contributed by atoms with Gasteiger partial charge in [-0.3, -0.25) is 4.79 Å². The molecule has 3 N–H and O–H groups in total. The molecule has 0 aliphatic heterocycles. The molecule has 0 saturated carbocycles. The Balaban J connectivity index is 1.91. The van der Waals surface area contributed by atoms with Gasteiger partial charge in [-0.15, -0.1) is 11.8 Å². The van der Waals surface area contributed by atoms with Gasteiger partial charge in [0.25, 0.3) is 0 Å². The fourth-order valence-electron chi connectivity index (χ4n) is 1.62. The standard InChI is InChI=1S/C15H12ClN3OS/c16-11-3-6-14(13(18)7-11)21-9-15(20)19-12-4-1-10(8-17)2-5-12/h1-7H,9,18H2,(H,19,20). The second kappa shape index (κ2) is 7.02. The molecular formula is C15H12ClN3OS. The summed E-state index contributed by atoms with van der Waals surface area (Å²) in [5, 5.41) is 12.0. The number of benzene rings is 2. The van der Waals surface area contributed by atoms with Crippen LogP contribution in [-0.4, -0.2) is 11.7 Å². The van der Waals surface area contributed by atoms with Gasteiger partial charge in [0.2, 0.25) is 5.91 Å². The van der Waals surface area contributed by atoms with E-state index in [0.717, 1.165) is 4.90 Å². The summed E-state index contributed by atoms with van der Waals surface area (Å²) >= 11 is 7.16. The lowest BCUT2D eigenvalue weighted by atomic mass is 10.2. The lowest BCUT2D eigenvalue weighted by Crippen LogP contribution is -2.14. The number of carbonyl (C=O) groups excluding carboxylic acids is 1. The Bertz CT molecular complexity index is 695. The summed E-state index contributed by atoms with van der Waals surface area (Å²) in [6.07, 6.45) is 0. The fourth-order valence-corrected chi connectivity index (χ4v) is 2.55. The number of nitrogen functional groups attached to an aromatic ring is 1. The SMILES string of the molecule is N#Cc1ccc(NC(=O)CSc2ccc(Cl)cc2N)cc1. The second-order valence-electron chi connectivity index (χ2n) is 4.21. The molecule has 0 fully saturated rings. The average molecular weight is 318 g/mol. The molecule has 21 heavy (non-hydrogen) atoms. The Labute approximate surface area is 131 Å². The van der Waals surface area contributed by atoms with Gasteiger partial charge in [-0.25, -0.2) is 0 Å². The summed E-state index contributed by atoms with van der Waals surface area (Å²) in [5.41, 5.74) is 7.59. The third-order valence-corrected chi connectivity index (χ3v) is 3.95. The third kappa shape index (κ3) is 4.42. The highest BCUT2D eigenvalue weighted by Gasteiger charge is 2.06. The molecule has 0 atom stereocenters. The molecule has 0 saturated heterocycles. The van der Waals surface area contributed by atoms with Crippen LogP contribution in [0.3, 0.4) is 0 Å². The first-order valence-corrected chi connectivity index (χ1v) is 7.42. The van der Waals surface area contributed by atoms with E-state index < -0.39 is 0 Å². The molecule has 2 rings (SSSR count). The minimum atomic E-state index is -0.140. The molecule has 0 unspecified atom stereocenters. The summed E-state index contributed by atoms with van der Waals surface area (Å²) < 4.78 is 0. The van der Waals surface area contributed by atoms with Crippen LogP contribution in [0.4, 0.5) is 11.4 Å². The topological polar surface area (TPSA) is 78.9 Å². The number of halogens is 1. The van der Waals surface area contributed by atoms with Gasteiger partial charge in [0.1, 0.15) is 0 Å². The maximum Gasteiger partial charge on any atom is 0.234 e. The van der Waals surface area contributed by atoms with Crippen LogP contribution >= 0.6 is 23.4 Å². The molecule has 0 bridgehead atoms. The van der Waals surface area contributed by atoms with E-state index in [1.165, 1.54) is 11.8 Å². The number of thioether (sulfide) groups is 1. The van der Waals surface area contributed by atoms with E-state index in [1.807, 2.05) is 6.07 Å². The molecule has 0 spiro atoms. The molecule has 2 aromatic carbocycles. The van der Waals surface area contributed by atoms with E-state index >= 15 is 0 Å². The second-order valence-corrected chi connectivity index (χ2v) is 5.66. The van der Waals surface area contributed by atoms with E-state index in [0.29, 0.717) is 22.0 Å². The first-order valence-electron chi connectivity index (χ1n) is 6.06. The number of nitrogens with one attached hydrogen (secondary N) is 1. The van der Waals surface area contributed by atoms with Crippen molar-refractivity contribution in [2.24, 2.45) is 0 Å². The Kier molecular flexibility index (Phi) is 5.09. The van der Waals surface area contributed by atoms with Crippen molar-refractivity contribution in [1.82, 2.24) is 0 Å². The summed E-state index contributed by atoms with van der Waals surface area (Å²) in [7, 11) is 0. The Hall–Kier alpha value is -2.16. The van der Waals surface area contributed by atoms with E-state index in [9.17, 15) is 4.79 Å². The molecule has 4 nitrogen and oxygen atoms in total. The smallest absolute Gasteiger partial charge is 0.234 e. The number of nitriles is 1. The van der Waals surface area contributed by atoms with Crippen molar-refractivity contribution in [3.8, 4) is 6.07 Å². The lowest BCUT2D eigenvalue weighted by Gasteiger charge is -2.07. The van der Waals surface area contributed by atoms with Crippen molar-refractivity contribution >= 4 is 40.6 Å². The van der Waals surface area contributed by atoms with Crippen LogP contribution < -0.4 is 11.1 Å².